The Kier molecular flexibility index (Phi) is 6.16. The lowest BCUT2D eigenvalue weighted by atomic mass is 10.0. The van der Waals surface area contributed by atoms with Crippen molar-refractivity contribution in [1.82, 2.24) is 9.13 Å². The van der Waals surface area contributed by atoms with Gasteiger partial charge >= 0.3 is 0 Å². The third-order valence-corrected chi connectivity index (χ3v) is 11.7. The maximum atomic E-state index is 2.45. The third-order valence-electron chi connectivity index (χ3n) is 10.5. The molecule has 0 N–H and O–H groups in total. The second-order valence-corrected chi connectivity index (χ2v) is 14.4. The molecule has 238 valence electrons. The molecule has 3 aromatic heterocycles. The molecule has 0 atom stereocenters. The highest BCUT2D eigenvalue weighted by molar-refractivity contribution is 7.25. The third kappa shape index (κ3) is 4.35. The number of fused-ring (bicyclic) bond motifs is 9. The average Bonchev–Trinajstić information content (AvgIpc) is 3.84. The van der Waals surface area contributed by atoms with E-state index < -0.39 is 0 Å². The number of hydrogen-bond donors (Lipinski definition) is 0. The highest BCUT2D eigenvalue weighted by Gasteiger charge is 2.17. The van der Waals surface area contributed by atoms with E-state index in [1.54, 1.807) is 0 Å². The van der Waals surface area contributed by atoms with Crippen LogP contribution in [-0.4, -0.2) is 9.13 Å². The summed E-state index contributed by atoms with van der Waals surface area (Å²) in [6.45, 7) is 0. The quantitative estimate of drug-likeness (QED) is 0.177. The molecule has 11 aromatic rings. The number of rotatable bonds is 4. The molecule has 0 unspecified atom stereocenters. The van der Waals surface area contributed by atoms with Gasteiger partial charge in [-0.15, -0.1) is 11.3 Å². The number of nitrogens with zero attached hydrogens (tertiary/aromatic N) is 2. The van der Waals surface area contributed by atoms with Crippen LogP contribution in [0.4, 0.5) is 0 Å². The van der Waals surface area contributed by atoms with Gasteiger partial charge in [0, 0.05) is 53.1 Å². The number of para-hydroxylation sites is 2. The van der Waals surface area contributed by atoms with Gasteiger partial charge in [0.1, 0.15) is 0 Å². The van der Waals surface area contributed by atoms with Crippen LogP contribution in [0.1, 0.15) is 0 Å². The van der Waals surface area contributed by atoms with Gasteiger partial charge in [-0.1, -0.05) is 121 Å². The topological polar surface area (TPSA) is 9.86 Å². The summed E-state index contributed by atoms with van der Waals surface area (Å²) in [5, 5.41) is 7.77. The van der Waals surface area contributed by atoms with Crippen LogP contribution in [0.5, 0.6) is 0 Å². The van der Waals surface area contributed by atoms with Crippen LogP contribution >= 0.6 is 11.3 Å². The second-order valence-electron chi connectivity index (χ2n) is 13.4. The van der Waals surface area contributed by atoms with Gasteiger partial charge in [0.2, 0.25) is 0 Å². The van der Waals surface area contributed by atoms with E-state index in [0.29, 0.717) is 0 Å². The summed E-state index contributed by atoms with van der Waals surface area (Å²) in [5.41, 5.74) is 12.1. The van der Waals surface area contributed by atoms with Crippen LogP contribution in [0.25, 0.3) is 97.4 Å². The lowest BCUT2D eigenvalue weighted by molar-refractivity contribution is 1.18. The molecule has 11 rings (SSSR count). The van der Waals surface area contributed by atoms with Gasteiger partial charge in [-0.05, 0) is 82.9 Å². The average molecular weight is 667 g/mol. The van der Waals surface area contributed by atoms with Crippen LogP contribution in [-0.2, 0) is 0 Å². The number of aromatic nitrogens is 2. The van der Waals surface area contributed by atoms with Crippen molar-refractivity contribution in [2.45, 2.75) is 0 Å². The smallest absolute Gasteiger partial charge is 0.0555 e. The van der Waals surface area contributed by atoms with Crippen molar-refractivity contribution in [1.29, 1.82) is 0 Å². The van der Waals surface area contributed by atoms with E-state index in [1.807, 2.05) is 11.3 Å². The Morgan fingerprint density at radius 2 is 0.765 bits per heavy atom. The van der Waals surface area contributed by atoms with Crippen LogP contribution < -0.4 is 0 Å². The predicted octanol–water partition coefficient (Wildman–Crippen LogP) is 13.6. The predicted molar refractivity (Wildman–Crippen MR) is 219 cm³/mol. The maximum Gasteiger partial charge on any atom is 0.0555 e. The van der Waals surface area contributed by atoms with Crippen molar-refractivity contribution in [3.63, 3.8) is 0 Å². The van der Waals surface area contributed by atoms with E-state index in [-0.39, 0.29) is 0 Å². The summed E-state index contributed by atoms with van der Waals surface area (Å²) in [5.74, 6) is 0. The standard InChI is InChI=1S/C48H30N2S/c1-2-10-31(11-3-1)34-22-27-39-41-29-42-40-14-6-9-17-47(40)51-48(42)30-46(41)50(45(39)28-34)36-25-20-33(21-26-36)32-18-23-35(24-19-32)49-43-15-7-4-12-37(43)38-13-5-8-16-44(38)49/h1-30H. The number of hydrogen-bond acceptors (Lipinski definition) is 1. The molecule has 0 saturated carbocycles. The lowest BCUT2D eigenvalue weighted by Gasteiger charge is -2.12. The molecule has 8 aromatic carbocycles. The Bertz CT molecular complexity index is 3050. The molecule has 2 nitrogen and oxygen atoms in total. The zero-order chi connectivity index (χ0) is 33.5. The van der Waals surface area contributed by atoms with E-state index in [0.717, 1.165) is 5.69 Å². The van der Waals surface area contributed by atoms with Gasteiger partial charge in [0.25, 0.3) is 0 Å². The monoisotopic (exact) mass is 666 g/mol. The Hall–Kier alpha value is -6.42. The largest absolute Gasteiger partial charge is 0.309 e. The maximum absolute atomic E-state index is 2.45. The fourth-order valence-electron chi connectivity index (χ4n) is 8.13. The van der Waals surface area contributed by atoms with E-state index >= 15 is 0 Å². The minimum absolute atomic E-state index is 1.16. The number of thiophene rings is 1. The van der Waals surface area contributed by atoms with Crippen molar-refractivity contribution < 1.29 is 0 Å². The molecule has 0 aliphatic carbocycles. The van der Waals surface area contributed by atoms with Gasteiger partial charge in [-0.25, -0.2) is 0 Å². The second kappa shape index (κ2) is 11.0. The van der Waals surface area contributed by atoms with Gasteiger partial charge in [-0.2, -0.15) is 0 Å². The van der Waals surface area contributed by atoms with Crippen molar-refractivity contribution >= 4 is 75.1 Å². The normalized spacial score (nSPS) is 11.9. The number of benzene rings is 8. The molecule has 0 saturated heterocycles. The fourth-order valence-corrected chi connectivity index (χ4v) is 9.25. The molecule has 3 heterocycles. The highest BCUT2D eigenvalue weighted by atomic mass is 32.1. The Morgan fingerprint density at radius 1 is 0.275 bits per heavy atom. The lowest BCUT2D eigenvalue weighted by Crippen LogP contribution is -1.95. The summed E-state index contributed by atoms with van der Waals surface area (Å²) in [4.78, 5) is 0. The Balaban J connectivity index is 1.04. The minimum atomic E-state index is 1.16. The van der Waals surface area contributed by atoms with Crippen molar-refractivity contribution in [2.75, 3.05) is 0 Å². The van der Waals surface area contributed by atoms with E-state index in [9.17, 15) is 0 Å². The molecular formula is C48H30N2S. The first kappa shape index (κ1) is 28.4. The summed E-state index contributed by atoms with van der Waals surface area (Å²) >= 11 is 1.88. The summed E-state index contributed by atoms with van der Waals surface area (Å²) in [6, 6.07) is 66.6. The van der Waals surface area contributed by atoms with Gasteiger partial charge in [0.05, 0.1) is 22.1 Å². The fraction of sp³-hybridized carbons (Fsp3) is 0. The van der Waals surface area contributed by atoms with Crippen LogP contribution in [0.2, 0.25) is 0 Å². The summed E-state index contributed by atoms with van der Waals surface area (Å²) in [6.07, 6.45) is 0. The Morgan fingerprint density at radius 3 is 1.43 bits per heavy atom. The first-order valence-corrected chi connectivity index (χ1v) is 18.2. The zero-order valence-electron chi connectivity index (χ0n) is 27.6. The summed E-state index contributed by atoms with van der Waals surface area (Å²) < 4.78 is 7.47. The molecule has 0 aliphatic rings. The van der Waals surface area contributed by atoms with Crippen LogP contribution in [0.3, 0.4) is 0 Å². The van der Waals surface area contributed by atoms with Crippen molar-refractivity contribution in [2.24, 2.45) is 0 Å². The van der Waals surface area contributed by atoms with Gasteiger partial charge in [0.15, 0.2) is 0 Å². The van der Waals surface area contributed by atoms with Crippen molar-refractivity contribution in [3.8, 4) is 33.6 Å². The molecular weight excluding hydrogens is 637 g/mol. The first-order chi connectivity index (χ1) is 25.3. The SMILES string of the molecule is c1ccc(-c2ccc3c4cc5c(cc4n(-c4ccc(-c6ccc(-n7c8ccccc8c8ccccc87)cc6)cc4)c3c2)sc2ccccc25)cc1. The highest BCUT2D eigenvalue weighted by Crippen LogP contribution is 2.42. The molecule has 0 bridgehead atoms. The first-order valence-electron chi connectivity index (χ1n) is 17.4. The molecule has 0 aliphatic heterocycles. The molecule has 0 spiro atoms. The van der Waals surface area contributed by atoms with Crippen LogP contribution in [0, 0.1) is 0 Å². The van der Waals surface area contributed by atoms with Crippen molar-refractivity contribution in [3.05, 3.63) is 182 Å². The van der Waals surface area contributed by atoms with E-state index in [2.05, 4.69) is 191 Å². The van der Waals surface area contributed by atoms with E-state index in [4.69, 9.17) is 0 Å². The molecule has 3 heteroatoms. The zero-order valence-corrected chi connectivity index (χ0v) is 28.4. The summed E-state index contributed by atoms with van der Waals surface area (Å²) in [7, 11) is 0. The molecule has 0 radical (unpaired) electrons. The van der Waals surface area contributed by atoms with Crippen LogP contribution in [0.15, 0.2) is 182 Å². The van der Waals surface area contributed by atoms with Gasteiger partial charge in [-0.3, -0.25) is 0 Å². The van der Waals surface area contributed by atoms with E-state index in [1.165, 1.54) is 91.7 Å². The molecule has 0 fully saturated rings. The minimum Gasteiger partial charge on any atom is -0.309 e. The molecule has 51 heavy (non-hydrogen) atoms. The molecule has 0 amide bonds. The Labute approximate surface area is 298 Å². The van der Waals surface area contributed by atoms with Gasteiger partial charge < -0.3 is 9.13 Å².